The van der Waals surface area contributed by atoms with Gasteiger partial charge in [-0.2, -0.15) is 0 Å². The summed E-state index contributed by atoms with van der Waals surface area (Å²) in [6, 6.07) is 5.86. The monoisotopic (exact) mass is 286 g/mol. The lowest BCUT2D eigenvalue weighted by molar-refractivity contribution is -0.274. The zero-order valence-electron chi connectivity index (χ0n) is 10.9. The van der Waals surface area contributed by atoms with Crippen LogP contribution in [0.1, 0.15) is 17.0 Å². The standard InChI is InChI=1S/C13H13F3N2O2/c1-8-10(9(2)20-18-8)7-17-11-5-3-4-6-12(11)19-13(14,15)16/h3-6,17H,7H2,1-2H3. The van der Waals surface area contributed by atoms with Gasteiger partial charge in [0.05, 0.1) is 11.4 Å². The summed E-state index contributed by atoms with van der Waals surface area (Å²) in [4.78, 5) is 0. The molecule has 0 bridgehead atoms. The maximum atomic E-state index is 12.3. The Balaban J connectivity index is 2.14. The van der Waals surface area contributed by atoms with Crippen LogP contribution in [0.5, 0.6) is 5.75 Å². The molecule has 0 aliphatic carbocycles. The Labute approximate surface area is 113 Å². The van der Waals surface area contributed by atoms with Crippen LogP contribution in [0.3, 0.4) is 0 Å². The molecule has 108 valence electrons. The number of ether oxygens (including phenoxy) is 1. The molecule has 4 nitrogen and oxygen atoms in total. The van der Waals surface area contributed by atoms with Crippen LogP contribution in [-0.4, -0.2) is 11.5 Å². The van der Waals surface area contributed by atoms with E-state index in [1.54, 1.807) is 19.9 Å². The van der Waals surface area contributed by atoms with Gasteiger partial charge in [-0.05, 0) is 26.0 Å². The molecular weight excluding hydrogens is 273 g/mol. The minimum absolute atomic E-state index is 0.254. The summed E-state index contributed by atoms with van der Waals surface area (Å²) in [5.41, 5.74) is 1.76. The molecule has 0 aliphatic heterocycles. The van der Waals surface area contributed by atoms with Gasteiger partial charge >= 0.3 is 6.36 Å². The van der Waals surface area contributed by atoms with E-state index in [0.717, 1.165) is 5.56 Å². The van der Waals surface area contributed by atoms with Crippen molar-refractivity contribution in [1.29, 1.82) is 0 Å². The fourth-order valence-electron chi connectivity index (χ4n) is 1.76. The third-order valence-electron chi connectivity index (χ3n) is 2.75. The third kappa shape index (κ3) is 3.43. The van der Waals surface area contributed by atoms with Gasteiger partial charge in [-0.15, -0.1) is 13.2 Å². The highest BCUT2D eigenvalue weighted by molar-refractivity contribution is 5.56. The second kappa shape index (κ2) is 5.44. The molecule has 2 aromatic rings. The molecule has 0 radical (unpaired) electrons. The number of nitrogens with zero attached hydrogens (tertiary/aromatic N) is 1. The Morgan fingerprint density at radius 2 is 1.95 bits per heavy atom. The second-order valence-electron chi connectivity index (χ2n) is 4.20. The Morgan fingerprint density at radius 3 is 2.55 bits per heavy atom. The van der Waals surface area contributed by atoms with Crippen molar-refractivity contribution in [3.63, 3.8) is 0 Å². The topological polar surface area (TPSA) is 47.3 Å². The van der Waals surface area contributed by atoms with Crippen LogP contribution in [0.2, 0.25) is 0 Å². The summed E-state index contributed by atoms with van der Waals surface area (Å²) in [5.74, 6) is 0.357. The lowest BCUT2D eigenvalue weighted by atomic mass is 10.2. The van der Waals surface area contributed by atoms with Gasteiger partial charge in [0.25, 0.3) is 0 Å². The quantitative estimate of drug-likeness (QED) is 0.928. The number of alkyl halides is 3. The van der Waals surface area contributed by atoms with E-state index >= 15 is 0 Å². The normalized spacial score (nSPS) is 11.4. The summed E-state index contributed by atoms with van der Waals surface area (Å²) in [7, 11) is 0. The molecule has 0 amide bonds. The molecular formula is C13H13F3N2O2. The van der Waals surface area contributed by atoms with Gasteiger partial charge < -0.3 is 14.6 Å². The summed E-state index contributed by atoms with van der Waals surface area (Å²) < 4.78 is 45.8. The van der Waals surface area contributed by atoms with Crippen LogP contribution in [0.4, 0.5) is 18.9 Å². The van der Waals surface area contributed by atoms with E-state index in [-0.39, 0.29) is 11.4 Å². The number of aromatic nitrogens is 1. The summed E-state index contributed by atoms with van der Waals surface area (Å²) in [6.07, 6.45) is -4.72. The average Bonchev–Trinajstić information content (AvgIpc) is 2.66. The number of anilines is 1. The van der Waals surface area contributed by atoms with Crippen LogP contribution >= 0.6 is 0 Å². The van der Waals surface area contributed by atoms with E-state index in [0.29, 0.717) is 18.0 Å². The summed E-state index contributed by atoms with van der Waals surface area (Å²) >= 11 is 0. The van der Waals surface area contributed by atoms with Crippen LogP contribution < -0.4 is 10.1 Å². The number of nitrogens with one attached hydrogen (secondary N) is 1. The minimum Gasteiger partial charge on any atom is -0.404 e. The smallest absolute Gasteiger partial charge is 0.404 e. The molecule has 1 aromatic heterocycles. The van der Waals surface area contributed by atoms with E-state index in [1.165, 1.54) is 18.2 Å². The number of hydrogen-bond donors (Lipinski definition) is 1. The Kier molecular flexibility index (Phi) is 3.87. The number of benzene rings is 1. The number of aryl methyl sites for hydroxylation is 2. The number of halogens is 3. The zero-order valence-corrected chi connectivity index (χ0v) is 10.9. The van der Waals surface area contributed by atoms with Crippen molar-refractivity contribution < 1.29 is 22.4 Å². The molecule has 0 atom stereocenters. The first-order valence-electron chi connectivity index (χ1n) is 5.87. The van der Waals surface area contributed by atoms with Gasteiger partial charge in [-0.3, -0.25) is 0 Å². The molecule has 1 N–H and O–H groups in total. The summed E-state index contributed by atoms with van der Waals surface area (Å²) in [5, 5.41) is 6.68. The molecule has 0 unspecified atom stereocenters. The lowest BCUT2D eigenvalue weighted by Crippen LogP contribution is -2.18. The predicted octanol–water partition coefficient (Wildman–Crippen LogP) is 3.80. The van der Waals surface area contributed by atoms with Gasteiger partial charge in [-0.25, -0.2) is 0 Å². The lowest BCUT2D eigenvalue weighted by Gasteiger charge is -2.14. The molecule has 0 spiro atoms. The Hall–Kier alpha value is -2.18. The third-order valence-corrected chi connectivity index (χ3v) is 2.75. The molecule has 0 saturated carbocycles. The van der Waals surface area contributed by atoms with Crippen molar-refractivity contribution in [3.05, 3.63) is 41.3 Å². The first-order valence-corrected chi connectivity index (χ1v) is 5.87. The maximum absolute atomic E-state index is 12.3. The average molecular weight is 286 g/mol. The molecule has 2 rings (SSSR count). The first kappa shape index (κ1) is 14.2. The van der Waals surface area contributed by atoms with E-state index in [4.69, 9.17) is 4.52 Å². The van der Waals surface area contributed by atoms with Gasteiger partial charge in [0.15, 0.2) is 5.75 Å². The van der Waals surface area contributed by atoms with Crippen molar-refractivity contribution >= 4 is 5.69 Å². The van der Waals surface area contributed by atoms with Crippen molar-refractivity contribution in [2.75, 3.05) is 5.32 Å². The van der Waals surface area contributed by atoms with Gasteiger partial charge in [0.1, 0.15) is 5.76 Å². The SMILES string of the molecule is Cc1noc(C)c1CNc1ccccc1OC(F)(F)F. The van der Waals surface area contributed by atoms with Crippen molar-refractivity contribution in [2.24, 2.45) is 0 Å². The highest BCUT2D eigenvalue weighted by Gasteiger charge is 2.32. The molecule has 1 heterocycles. The number of para-hydroxylation sites is 2. The minimum atomic E-state index is -4.72. The van der Waals surface area contributed by atoms with E-state index < -0.39 is 6.36 Å². The molecule has 20 heavy (non-hydrogen) atoms. The van der Waals surface area contributed by atoms with E-state index in [9.17, 15) is 13.2 Å². The predicted molar refractivity (Wildman–Crippen MR) is 66.4 cm³/mol. The summed E-state index contributed by atoms with van der Waals surface area (Å²) in [6.45, 7) is 3.82. The van der Waals surface area contributed by atoms with E-state index in [1.807, 2.05) is 0 Å². The molecule has 0 aliphatic rings. The zero-order chi connectivity index (χ0) is 14.8. The van der Waals surface area contributed by atoms with Gasteiger partial charge in [0, 0.05) is 12.1 Å². The van der Waals surface area contributed by atoms with Crippen LogP contribution in [0, 0.1) is 13.8 Å². The van der Waals surface area contributed by atoms with Crippen LogP contribution in [0.15, 0.2) is 28.8 Å². The van der Waals surface area contributed by atoms with Gasteiger partial charge in [-0.1, -0.05) is 17.3 Å². The van der Waals surface area contributed by atoms with Crippen LogP contribution in [0.25, 0.3) is 0 Å². The Morgan fingerprint density at radius 1 is 1.25 bits per heavy atom. The molecule has 1 aromatic carbocycles. The van der Waals surface area contributed by atoms with Crippen molar-refractivity contribution in [2.45, 2.75) is 26.8 Å². The van der Waals surface area contributed by atoms with Gasteiger partial charge in [0.2, 0.25) is 0 Å². The number of hydrogen-bond acceptors (Lipinski definition) is 4. The Bertz CT molecular complexity index is 574. The molecule has 0 fully saturated rings. The fourth-order valence-corrected chi connectivity index (χ4v) is 1.76. The van der Waals surface area contributed by atoms with Crippen LogP contribution in [-0.2, 0) is 6.54 Å². The van der Waals surface area contributed by atoms with E-state index in [2.05, 4.69) is 15.2 Å². The largest absolute Gasteiger partial charge is 0.573 e. The van der Waals surface area contributed by atoms with Crippen molar-refractivity contribution in [3.8, 4) is 5.75 Å². The first-order chi connectivity index (χ1) is 9.37. The highest BCUT2D eigenvalue weighted by Crippen LogP contribution is 2.30. The fraction of sp³-hybridized carbons (Fsp3) is 0.308. The number of rotatable bonds is 4. The second-order valence-corrected chi connectivity index (χ2v) is 4.20. The molecule has 7 heteroatoms. The molecule has 0 saturated heterocycles. The van der Waals surface area contributed by atoms with Crippen molar-refractivity contribution in [1.82, 2.24) is 5.16 Å². The maximum Gasteiger partial charge on any atom is 0.573 e. The highest BCUT2D eigenvalue weighted by atomic mass is 19.4.